The number of rotatable bonds is 9. The van der Waals surface area contributed by atoms with Crippen molar-refractivity contribution in [2.45, 2.75) is 26.7 Å². The maximum absolute atomic E-state index is 15.1. The zero-order chi connectivity index (χ0) is 32.6. The Morgan fingerprint density at radius 1 is 0.565 bits per heavy atom. The van der Waals surface area contributed by atoms with Crippen molar-refractivity contribution in [3.05, 3.63) is 141 Å². The number of para-hydroxylation sites is 2. The summed E-state index contributed by atoms with van der Waals surface area (Å²) in [4.78, 5) is 52.0. The molecule has 2 aliphatic rings. The Hall–Kier alpha value is -6.04. The molecule has 2 amide bonds. The van der Waals surface area contributed by atoms with Gasteiger partial charge in [0.05, 0.1) is 32.6 Å². The lowest BCUT2D eigenvalue weighted by atomic mass is 9.54. The standard InChI is InChI=1S/C34H28N6O6/c1-23-33(21-25-13-17-29(18-14-25)39(43)44,31(41)37(35-23)27-9-5-3-6-10-27)34(22-26-15-19-30(20-16-26)40(45)46)24(2)36-38(32(34)42)28-11-7-4-8-12-28/h3-20H,21-22H2,1-2H3. The first-order valence-electron chi connectivity index (χ1n) is 14.5. The van der Waals surface area contributed by atoms with Crippen molar-refractivity contribution in [1.82, 2.24) is 0 Å². The maximum atomic E-state index is 15.1. The predicted octanol–water partition coefficient (Wildman–Crippen LogP) is 6.11. The van der Waals surface area contributed by atoms with Gasteiger partial charge in [0.25, 0.3) is 23.2 Å². The first-order chi connectivity index (χ1) is 22.1. The Morgan fingerprint density at radius 2 is 0.891 bits per heavy atom. The summed E-state index contributed by atoms with van der Waals surface area (Å²) < 4.78 is 0. The van der Waals surface area contributed by atoms with Gasteiger partial charge in [0.15, 0.2) is 0 Å². The Morgan fingerprint density at radius 3 is 1.20 bits per heavy atom. The highest BCUT2D eigenvalue weighted by Gasteiger charge is 2.70. The van der Waals surface area contributed by atoms with Crippen LogP contribution < -0.4 is 10.0 Å². The molecule has 0 bridgehead atoms. The van der Waals surface area contributed by atoms with E-state index in [4.69, 9.17) is 10.2 Å². The van der Waals surface area contributed by atoms with E-state index in [1.54, 1.807) is 86.6 Å². The highest BCUT2D eigenvalue weighted by atomic mass is 16.6. The van der Waals surface area contributed by atoms with Crippen LogP contribution in [-0.4, -0.2) is 33.1 Å². The first-order valence-corrected chi connectivity index (χ1v) is 14.5. The number of carbonyl (C=O) groups excluding carboxylic acids is 2. The van der Waals surface area contributed by atoms with Crippen LogP contribution in [0.4, 0.5) is 22.7 Å². The predicted molar refractivity (Wildman–Crippen MR) is 173 cm³/mol. The van der Waals surface area contributed by atoms with Gasteiger partial charge < -0.3 is 0 Å². The molecule has 0 radical (unpaired) electrons. The van der Waals surface area contributed by atoms with Crippen LogP contribution in [0, 0.1) is 31.1 Å². The third-order valence-electron chi connectivity index (χ3n) is 8.81. The number of amides is 2. The van der Waals surface area contributed by atoms with Gasteiger partial charge in [0, 0.05) is 24.3 Å². The van der Waals surface area contributed by atoms with Crippen LogP contribution in [0.3, 0.4) is 0 Å². The topological polar surface area (TPSA) is 152 Å². The monoisotopic (exact) mass is 616 g/mol. The van der Waals surface area contributed by atoms with E-state index in [1.807, 2.05) is 12.1 Å². The number of benzene rings is 4. The molecular weight excluding hydrogens is 588 g/mol. The van der Waals surface area contributed by atoms with Gasteiger partial charge in [-0.25, -0.2) is 0 Å². The fourth-order valence-corrected chi connectivity index (χ4v) is 6.50. The van der Waals surface area contributed by atoms with Crippen LogP contribution in [0.5, 0.6) is 0 Å². The van der Waals surface area contributed by atoms with E-state index in [-0.39, 0.29) is 24.2 Å². The van der Waals surface area contributed by atoms with E-state index >= 15 is 9.59 Å². The van der Waals surface area contributed by atoms with E-state index in [9.17, 15) is 20.2 Å². The van der Waals surface area contributed by atoms with Crippen LogP contribution in [0.25, 0.3) is 0 Å². The van der Waals surface area contributed by atoms with Crippen LogP contribution >= 0.6 is 0 Å². The lowest BCUT2D eigenvalue weighted by molar-refractivity contribution is -0.385. The Bertz CT molecular complexity index is 1770. The summed E-state index contributed by atoms with van der Waals surface area (Å²) in [7, 11) is 0. The third kappa shape index (κ3) is 4.71. The average Bonchev–Trinajstić information content (AvgIpc) is 3.47. The molecule has 2 atom stereocenters. The smallest absolute Gasteiger partial charge is 0.269 e. The van der Waals surface area contributed by atoms with E-state index in [2.05, 4.69) is 0 Å². The second-order valence-corrected chi connectivity index (χ2v) is 11.3. The molecular formula is C34H28N6O6. The van der Waals surface area contributed by atoms with Gasteiger partial charge in [-0.15, -0.1) is 0 Å². The zero-order valence-corrected chi connectivity index (χ0v) is 24.9. The van der Waals surface area contributed by atoms with Crippen molar-refractivity contribution in [2.24, 2.45) is 21.0 Å². The molecule has 0 aromatic heterocycles. The summed E-state index contributed by atoms with van der Waals surface area (Å²) in [5, 5.41) is 34.9. The van der Waals surface area contributed by atoms with Crippen molar-refractivity contribution in [3.63, 3.8) is 0 Å². The first kappa shape index (κ1) is 30.0. The van der Waals surface area contributed by atoms with Crippen LogP contribution in [0.2, 0.25) is 0 Å². The van der Waals surface area contributed by atoms with E-state index in [0.29, 0.717) is 33.9 Å². The number of hydrogen-bond donors (Lipinski definition) is 0. The van der Waals surface area contributed by atoms with Crippen LogP contribution in [0.1, 0.15) is 25.0 Å². The molecule has 0 saturated carbocycles. The SMILES string of the molecule is CC1=NN(c2ccccc2)C(=O)C1(Cc1ccc([N+](=O)[O-])cc1)C1(Cc2ccc([N+](=O)[O-])cc2)C(=O)N(c2ccccc2)N=C1C. The van der Waals surface area contributed by atoms with Crippen molar-refractivity contribution in [2.75, 3.05) is 10.0 Å². The molecule has 230 valence electrons. The fourth-order valence-electron chi connectivity index (χ4n) is 6.50. The number of carbonyl (C=O) groups is 2. The normalized spacial score (nSPS) is 20.9. The van der Waals surface area contributed by atoms with Crippen molar-refractivity contribution >= 4 is 46.0 Å². The Labute approximate surface area is 263 Å². The lowest BCUT2D eigenvalue weighted by Gasteiger charge is -2.44. The lowest BCUT2D eigenvalue weighted by Crippen LogP contribution is -2.61. The highest BCUT2D eigenvalue weighted by Crippen LogP contribution is 2.55. The minimum atomic E-state index is -1.64. The molecule has 2 unspecified atom stereocenters. The molecule has 12 nitrogen and oxygen atoms in total. The number of non-ortho nitro benzene ring substituents is 2. The Kier molecular flexibility index (Phi) is 7.48. The van der Waals surface area contributed by atoms with Crippen molar-refractivity contribution in [1.29, 1.82) is 0 Å². The maximum Gasteiger partial charge on any atom is 0.269 e. The van der Waals surface area contributed by atoms with Gasteiger partial charge >= 0.3 is 0 Å². The van der Waals surface area contributed by atoms with Gasteiger partial charge in [0.2, 0.25) is 0 Å². The number of hydrazone groups is 2. The molecule has 2 aliphatic heterocycles. The number of anilines is 2. The van der Waals surface area contributed by atoms with E-state index in [1.165, 1.54) is 34.3 Å². The van der Waals surface area contributed by atoms with Gasteiger partial charge in [-0.05, 0) is 62.1 Å². The summed E-state index contributed by atoms with van der Waals surface area (Å²) in [5.74, 6) is -0.927. The van der Waals surface area contributed by atoms with E-state index in [0.717, 1.165) is 0 Å². The quantitative estimate of drug-likeness (QED) is 0.164. The van der Waals surface area contributed by atoms with Gasteiger partial charge in [-0.1, -0.05) is 60.7 Å². The minimum absolute atomic E-state index is 0.0310. The van der Waals surface area contributed by atoms with Crippen LogP contribution in [0.15, 0.2) is 119 Å². The molecule has 0 N–H and O–H groups in total. The second-order valence-electron chi connectivity index (χ2n) is 11.3. The molecule has 0 fully saturated rings. The number of nitrogens with zero attached hydrogens (tertiary/aromatic N) is 6. The van der Waals surface area contributed by atoms with Gasteiger partial charge in [0.1, 0.15) is 10.8 Å². The van der Waals surface area contributed by atoms with Gasteiger partial charge in [-0.2, -0.15) is 20.2 Å². The average molecular weight is 617 g/mol. The summed E-state index contributed by atoms with van der Waals surface area (Å²) in [5.41, 5.74) is -0.640. The molecule has 4 aromatic rings. The molecule has 0 spiro atoms. The Balaban J connectivity index is 1.59. The molecule has 12 heteroatoms. The largest absolute Gasteiger partial charge is 0.271 e. The van der Waals surface area contributed by atoms with E-state index < -0.39 is 32.5 Å². The minimum Gasteiger partial charge on any atom is -0.271 e. The number of hydrogen-bond acceptors (Lipinski definition) is 8. The molecule has 4 aromatic carbocycles. The van der Waals surface area contributed by atoms with Crippen molar-refractivity contribution < 1.29 is 19.4 Å². The van der Waals surface area contributed by atoms with Crippen LogP contribution in [-0.2, 0) is 22.4 Å². The van der Waals surface area contributed by atoms with Crippen molar-refractivity contribution in [3.8, 4) is 0 Å². The third-order valence-corrected chi connectivity index (χ3v) is 8.81. The second kappa shape index (κ2) is 11.5. The molecule has 2 heterocycles. The molecule has 0 saturated heterocycles. The van der Waals surface area contributed by atoms with Gasteiger partial charge in [-0.3, -0.25) is 29.8 Å². The highest BCUT2D eigenvalue weighted by molar-refractivity contribution is 6.30. The number of nitro groups is 2. The summed E-state index contributed by atoms with van der Waals surface area (Å²) in [6, 6.07) is 29.5. The number of nitro benzene ring substituents is 2. The molecule has 6 rings (SSSR count). The summed E-state index contributed by atoms with van der Waals surface area (Å²) in [6.07, 6.45) is -0.0621. The molecule has 0 aliphatic carbocycles. The summed E-state index contributed by atoms with van der Waals surface area (Å²) >= 11 is 0. The fraction of sp³-hybridized carbons (Fsp3) is 0.176. The zero-order valence-electron chi connectivity index (χ0n) is 24.9. The molecule has 46 heavy (non-hydrogen) atoms. The summed E-state index contributed by atoms with van der Waals surface area (Å²) in [6.45, 7) is 3.41.